The normalized spacial score (nSPS) is 10.5. The zero-order valence-electron chi connectivity index (χ0n) is 9.69. The van der Waals surface area contributed by atoms with Gasteiger partial charge in [-0.15, -0.1) is 11.8 Å². The zero-order chi connectivity index (χ0) is 12.5. The number of aliphatic hydroxyl groups is 1. The van der Waals surface area contributed by atoms with E-state index >= 15 is 0 Å². The van der Waals surface area contributed by atoms with E-state index in [2.05, 4.69) is 15.9 Å². The number of hydrogen-bond acceptors (Lipinski definition) is 3. The van der Waals surface area contributed by atoms with Gasteiger partial charge in [-0.05, 0) is 30.7 Å². The maximum absolute atomic E-state index is 11.7. The molecule has 0 radical (unpaired) electrons. The van der Waals surface area contributed by atoms with Crippen molar-refractivity contribution in [3.05, 3.63) is 29.8 Å². The average Bonchev–Trinajstić information content (AvgIpc) is 2.37. The van der Waals surface area contributed by atoms with E-state index in [1.807, 2.05) is 24.3 Å². The Kier molecular flexibility index (Phi) is 7.56. The summed E-state index contributed by atoms with van der Waals surface area (Å²) in [6.07, 6.45) is 2.11. The highest BCUT2D eigenvalue weighted by Crippen LogP contribution is 2.20. The molecule has 17 heavy (non-hydrogen) atoms. The first-order valence-corrected chi connectivity index (χ1v) is 7.81. The van der Waals surface area contributed by atoms with Crippen LogP contribution in [-0.4, -0.2) is 28.6 Å². The monoisotopic (exact) mass is 316 g/mol. The number of alkyl halides is 1. The Morgan fingerprint density at radius 2 is 1.94 bits per heavy atom. The van der Waals surface area contributed by atoms with Crippen LogP contribution in [0.4, 0.5) is 0 Å². The summed E-state index contributed by atoms with van der Waals surface area (Å²) in [7, 11) is 0. The fourth-order valence-electron chi connectivity index (χ4n) is 1.37. The summed E-state index contributed by atoms with van der Waals surface area (Å²) in [4.78, 5) is 12.8. The lowest BCUT2D eigenvalue weighted by atomic mass is 10.1. The third kappa shape index (κ3) is 5.70. The van der Waals surface area contributed by atoms with Gasteiger partial charge in [0.05, 0.1) is 0 Å². The molecule has 1 N–H and O–H groups in total. The van der Waals surface area contributed by atoms with Crippen molar-refractivity contribution in [2.45, 2.75) is 24.2 Å². The highest BCUT2D eigenvalue weighted by molar-refractivity contribution is 9.09. The van der Waals surface area contributed by atoms with E-state index in [0.717, 1.165) is 23.1 Å². The van der Waals surface area contributed by atoms with Crippen molar-refractivity contribution in [2.75, 3.05) is 17.7 Å². The predicted molar refractivity (Wildman–Crippen MR) is 76.2 cm³/mol. The third-order valence-corrected chi connectivity index (χ3v) is 3.94. The Labute approximate surface area is 115 Å². The standard InChI is InChI=1S/C13H17BrO2S/c14-8-2-10-17-12-6-4-11(5-7-12)13(16)3-1-9-15/h4-7,15H,1-3,8-10H2. The van der Waals surface area contributed by atoms with Crippen LogP contribution in [0.3, 0.4) is 0 Å². The highest BCUT2D eigenvalue weighted by atomic mass is 79.9. The van der Waals surface area contributed by atoms with E-state index in [-0.39, 0.29) is 12.4 Å². The number of ketones is 1. The summed E-state index contributed by atoms with van der Waals surface area (Å²) in [6.45, 7) is 0.0756. The van der Waals surface area contributed by atoms with E-state index in [1.165, 1.54) is 4.90 Å². The summed E-state index contributed by atoms with van der Waals surface area (Å²) in [5, 5.41) is 9.69. The zero-order valence-corrected chi connectivity index (χ0v) is 12.1. The molecule has 0 aromatic heterocycles. The van der Waals surface area contributed by atoms with Crippen molar-refractivity contribution < 1.29 is 9.90 Å². The average molecular weight is 317 g/mol. The van der Waals surface area contributed by atoms with Gasteiger partial charge in [0.25, 0.3) is 0 Å². The number of rotatable bonds is 8. The van der Waals surface area contributed by atoms with E-state index in [9.17, 15) is 4.79 Å². The second-order valence-corrected chi connectivity index (χ2v) is 5.63. The molecule has 1 rings (SSSR count). The molecular weight excluding hydrogens is 300 g/mol. The molecule has 2 nitrogen and oxygen atoms in total. The van der Waals surface area contributed by atoms with Gasteiger partial charge >= 0.3 is 0 Å². The number of aliphatic hydroxyl groups excluding tert-OH is 1. The van der Waals surface area contributed by atoms with E-state index < -0.39 is 0 Å². The molecule has 1 aromatic rings. The van der Waals surface area contributed by atoms with E-state index in [1.54, 1.807) is 11.8 Å². The smallest absolute Gasteiger partial charge is 0.162 e. The largest absolute Gasteiger partial charge is 0.396 e. The van der Waals surface area contributed by atoms with Crippen LogP contribution in [0, 0.1) is 0 Å². The number of benzene rings is 1. The molecule has 0 aliphatic carbocycles. The van der Waals surface area contributed by atoms with Crippen LogP contribution < -0.4 is 0 Å². The SMILES string of the molecule is O=C(CCCO)c1ccc(SCCCBr)cc1. The minimum atomic E-state index is 0.0756. The van der Waals surface area contributed by atoms with Crippen LogP contribution in [-0.2, 0) is 0 Å². The van der Waals surface area contributed by atoms with Gasteiger partial charge in [0, 0.05) is 28.8 Å². The van der Waals surface area contributed by atoms with Crippen molar-refractivity contribution in [2.24, 2.45) is 0 Å². The van der Waals surface area contributed by atoms with Gasteiger partial charge in [-0.25, -0.2) is 0 Å². The van der Waals surface area contributed by atoms with Crippen LogP contribution in [0.2, 0.25) is 0 Å². The Hall–Kier alpha value is -0.320. The molecular formula is C13H17BrO2S. The van der Waals surface area contributed by atoms with Gasteiger partial charge in [-0.2, -0.15) is 0 Å². The third-order valence-electron chi connectivity index (χ3n) is 2.28. The molecule has 0 amide bonds. The molecule has 94 valence electrons. The summed E-state index contributed by atoms with van der Waals surface area (Å²) >= 11 is 5.20. The van der Waals surface area contributed by atoms with Crippen LogP contribution in [0.15, 0.2) is 29.2 Å². The summed E-state index contributed by atoms with van der Waals surface area (Å²) in [5.74, 6) is 1.19. The number of carbonyl (C=O) groups is 1. The highest BCUT2D eigenvalue weighted by Gasteiger charge is 2.05. The molecule has 0 fully saturated rings. The van der Waals surface area contributed by atoms with Crippen molar-refractivity contribution in [1.29, 1.82) is 0 Å². The van der Waals surface area contributed by atoms with Gasteiger partial charge < -0.3 is 5.11 Å². The lowest BCUT2D eigenvalue weighted by molar-refractivity contribution is 0.0971. The molecule has 0 spiro atoms. The molecule has 0 saturated carbocycles. The topological polar surface area (TPSA) is 37.3 Å². The van der Waals surface area contributed by atoms with Crippen molar-refractivity contribution in [3.63, 3.8) is 0 Å². The second kappa shape index (κ2) is 8.72. The van der Waals surface area contributed by atoms with Gasteiger partial charge in [0.15, 0.2) is 5.78 Å². The lowest BCUT2D eigenvalue weighted by Crippen LogP contribution is -1.99. The summed E-state index contributed by atoms with van der Waals surface area (Å²) in [5.41, 5.74) is 0.739. The lowest BCUT2D eigenvalue weighted by Gasteiger charge is -2.03. The number of hydrogen-bond donors (Lipinski definition) is 1. The molecule has 0 atom stereocenters. The van der Waals surface area contributed by atoms with Gasteiger partial charge in [0.2, 0.25) is 0 Å². The molecule has 0 unspecified atom stereocenters. The molecule has 0 aliphatic heterocycles. The van der Waals surface area contributed by atoms with Gasteiger partial charge in [0.1, 0.15) is 0 Å². The number of halogens is 1. The minimum Gasteiger partial charge on any atom is -0.396 e. The Bertz CT molecular complexity index is 338. The fourth-order valence-corrected chi connectivity index (χ4v) is 2.87. The van der Waals surface area contributed by atoms with Crippen LogP contribution in [0.25, 0.3) is 0 Å². The first kappa shape index (κ1) is 14.7. The van der Waals surface area contributed by atoms with Crippen LogP contribution in [0.5, 0.6) is 0 Å². The number of carbonyl (C=O) groups excluding carboxylic acids is 1. The summed E-state index contributed by atoms with van der Waals surface area (Å²) < 4.78 is 0. The van der Waals surface area contributed by atoms with Gasteiger partial charge in [-0.1, -0.05) is 28.1 Å². The van der Waals surface area contributed by atoms with Crippen molar-refractivity contribution in [3.8, 4) is 0 Å². The predicted octanol–water partition coefficient (Wildman–Crippen LogP) is 3.52. The maximum Gasteiger partial charge on any atom is 0.162 e. The fraction of sp³-hybridized carbons (Fsp3) is 0.462. The first-order valence-electron chi connectivity index (χ1n) is 5.71. The number of Topliss-reactive ketones (excluding diaryl/α,β-unsaturated/α-hetero) is 1. The first-order chi connectivity index (χ1) is 8.27. The maximum atomic E-state index is 11.7. The molecule has 0 saturated heterocycles. The Balaban J connectivity index is 2.46. The molecule has 1 aromatic carbocycles. The van der Waals surface area contributed by atoms with Crippen LogP contribution >= 0.6 is 27.7 Å². The van der Waals surface area contributed by atoms with Crippen molar-refractivity contribution >= 4 is 33.5 Å². The van der Waals surface area contributed by atoms with E-state index in [0.29, 0.717) is 12.8 Å². The summed E-state index contributed by atoms with van der Waals surface area (Å²) in [6, 6.07) is 7.72. The molecule has 0 heterocycles. The molecule has 4 heteroatoms. The second-order valence-electron chi connectivity index (χ2n) is 3.67. The quantitative estimate of drug-likeness (QED) is 0.345. The van der Waals surface area contributed by atoms with Crippen molar-refractivity contribution in [1.82, 2.24) is 0 Å². The minimum absolute atomic E-state index is 0.0756. The van der Waals surface area contributed by atoms with Gasteiger partial charge in [-0.3, -0.25) is 4.79 Å². The molecule has 0 aliphatic rings. The van der Waals surface area contributed by atoms with Crippen LogP contribution in [0.1, 0.15) is 29.6 Å². The Morgan fingerprint density at radius 3 is 2.53 bits per heavy atom. The number of thioether (sulfide) groups is 1. The Morgan fingerprint density at radius 1 is 1.24 bits per heavy atom. The van der Waals surface area contributed by atoms with E-state index in [4.69, 9.17) is 5.11 Å². The molecule has 0 bridgehead atoms.